The summed E-state index contributed by atoms with van der Waals surface area (Å²) in [5.74, 6) is 1.81. The lowest BCUT2D eigenvalue weighted by Gasteiger charge is -1.97. The minimum absolute atomic E-state index is 0.848. The number of rotatable bonds is 7. The van der Waals surface area contributed by atoms with Crippen molar-refractivity contribution in [1.29, 1.82) is 0 Å². The maximum Gasteiger partial charge on any atom is 0.130 e. The van der Waals surface area contributed by atoms with Crippen LogP contribution in [0.2, 0.25) is 0 Å². The highest BCUT2D eigenvalue weighted by Gasteiger charge is 2.13. The van der Waals surface area contributed by atoms with E-state index in [1.54, 1.807) is 0 Å². The Labute approximate surface area is 125 Å². The quantitative estimate of drug-likeness (QED) is 0.531. The highest BCUT2D eigenvalue weighted by atomic mass is 16.5. The smallest absolute Gasteiger partial charge is 0.130 e. The van der Waals surface area contributed by atoms with Crippen LogP contribution in [0.4, 0.5) is 0 Å². The van der Waals surface area contributed by atoms with Gasteiger partial charge in [0.2, 0.25) is 0 Å². The Hall–Kier alpha value is -1.24. The lowest BCUT2D eigenvalue weighted by molar-refractivity contribution is 0.449. The molecule has 1 heteroatoms. The highest BCUT2D eigenvalue weighted by molar-refractivity contribution is 5.40. The molecule has 1 aliphatic heterocycles. The van der Waals surface area contributed by atoms with Gasteiger partial charge in [-0.25, -0.2) is 0 Å². The minimum atomic E-state index is 0.848. The molecule has 0 spiro atoms. The Balaban J connectivity index is 0.000000200. The summed E-state index contributed by atoms with van der Waals surface area (Å²) in [6.45, 7) is 8.29. The second-order valence-corrected chi connectivity index (χ2v) is 5.55. The number of ether oxygens (including phenoxy) is 1. The van der Waals surface area contributed by atoms with E-state index in [-0.39, 0.29) is 0 Å². The third kappa shape index (κ3) is 6.79. The van der Waals surface area contributed by atoms with Crippen molar-refractivity contribution in [3.05, 3.63) is 42.2 Å². The normalized spacial score (nSPS) is 12.4. The number of allylic oxidation sites excluding steroid dienone is 1. The van der Waals surface area contributed by atoms with Gasteiger partial charge >= 0.3 is 0 Å². The fourth-order valence-electron chi connectivity index (χ4n) is 2.36. The van der Waals surface area contributed by atoms with E-state index in [4.69, 9.17) is 4.74 Å². The summed E-state index contributed by atoms with van der Waals surface area (Å²) in [7, 11) is 0. The van der Waals surface area contributed by atoms with Gasteiger partial charge in [-0.05, 0) is 6.07 Å². The molecule has 1 aromatic rings. The predicted molar refractivity (Wildman–Crippen MR) is 88.2 cm³/mol. The van der Waals surface area contributed by atoms with Crippen LogP contribution in [-0.2, 0) is 6.42 Å². The van der Waals surface area contributed by atoms with Gasteiger partial charge in [0.25, 0.3) is 0 Å². The van der Waals surface area contributed by atoms with Crippen LogP contribution in [0.3, 0.4) is 0 Å². The van der Waals surface area contributed by atoms with Gasteiger partial charge in [0.15, 0.2) is 0 Å². The van der Waals surface area contributed by atoms with Crippen molar-refractivity contribution in [1.82, 2.24) is 0 Å². The van der Waals surface area contributed by atoms with Gasteiger partial charge in [-0.15, -0.1) is 0 Å². The molecule has 112 valence electrons. The summed E-state index contributed by atoms with van der Waals surface area (Å²) in [5.41, 5.74) is 1.24. The second-order valence-electron chi connectivity index (χ2n) is 5.55. The predicted octanol–water partition coefficient (Wildman–Crippen LogP) is 6.28. The van der Waals surface area contributed by atoms with Crippen molar-refractivity contribution in [3.63, 3.8) is 0 Å². The van der Waals surface area contributed by atoms with Gasteiger partial charge in [-0.1, -0.05) is 90.0 Å². The molecule has 0 fully saturated rings. The molecule has 0 N–H and O–H groups in total. The number of para-hydroxylation sites is 1. The fraction of sp³-hybridized carbons (Fsp3) is 0.579. The molecular weight excluding hydrogens is 244 g/mol. The van der Waals surface area contributed by atoms with Crippen molar-refractivity contribution in [2.45, 2.75) is 71.6 Å². The molecule has 0 saturated heterocycles. The van der Waals surface area contributed by atoms with Crippen LogP contribution in [-0.4, -0.2) is 0 Å². The van der Waals surface area contributed by atoms with Gasteiger partial charge in [-0.2, -0.15) is 0 Å². The van der Waals surface area contributed by atoms with Crippen LogP contribution in [0.25, 0.3) is 0 Å². The highest BCUT2D eigenvalue weighted by Crippen LogP contribution is 2.28. The van der Waals surface area contributed by atoms with E-state index in [9.17, 15) is 0 Å². The summed E-state index contributed by atoms with van der Waals surface area (Å²) < 4.78 is 5.31. The van der Waals surface area contributed by atoms with Crippen molar-refractivity contribution < 1.29 is 4.74 Å². The van der Waals surface area contributed by atoms with E-state index in [2.05, 4.69) is 26.5 Å². The molecule has 0 aliphatic carbocycles. The first kappa shape index (κ1) is 16.8. The number of unbranched alkanes of at least 4 members (excludes halogenated alkanes) is 7. The van der Waals surface area contributed by atoms with Gasteiger partial charge < -0.3 is 4.74 Å². The first-order valence-corrected chi connectivity index (χ1v) is 8.21. The Morgan fingerprint density at radius 2 is 1.45 bits per heavy atom. The van der Waals surface area contributed by atoms with Crippen LogP contribution < -0.4 is 4.74 Å². The summed E-state index contributed by atoms with van der Waals surface area (Å²) in [5, 5.41) is 0. The molecule has 1 heterocycles. The average Bonchev–Trinajstić information content (AvgIpc) is 2.83. The van der Waals surface area contributed by atoms with Crippen molar-refractivity contribution in [3.8, 4) is 5.75 Å². The lowest BCUT2D eigenvalue weighted by atomic mass is 10.1. The summed E-state index contributed by atoms with van der Waals surface area (Å²) in [6, 6.07) is 8.01. The topological polar surface area (TPSA) is 9.23 Å². The van der Waals surface area contributed by atoms with Crippen molar-refractivity contribution in [2.75, 3.05) is 0 Å². The van der Waals surface area contributed by atoms with Crippen LogP contribution in [0.1, 0.15) is 70.8 Å². The molecule has 0 saturated carbocycles. The van der Waals surface area contributed by atoms with Crippen LogP contribution in [0.15, 0.2) is 36.6 Å². The first-order valence-electron chi connectivity index (χ1n) is 8.21. The minimum Gasteiger partial charge on any atom is -0.462 e. The van der Waals surface area contributed by atoms with E-state index in [1.165, 1.54) is 56.9 Å². The molecule has 0 amide bonds. The lowest BCUT2D eigenvalue weighted by Crippen LogP contribution is -1.81. The largest absolute Gasteiger partial charge is 0.462 e. The number of hydrogen-bond acceptors (Lipinski definition) is 1. The molecule has 1 nitrogen and oxygen atoms in total. The molecule has 20 heavy (non-hydrogen) atoms. The third-order valence-electron chi connectivity index (χ3n) is 3.57. The van der Waals surface area contributed by atoms with Gasteiger partial charge in [0.05, 0.1) is 0 Å². The average molecular weight is 274 g/mol. The molecule has 0 atom stereocenters. The van der Waals surface area contributed by atoms with E-state index in [0.29, 0.717) is 0 Å². The van der Waals surface area contributed by atoms with Gasteiger partial charge in [0.1, 0.15) is 11.5 Å². The Morgan fingerprint density at radius 1 is 0.900 bits per heavy atom. The summed E-state index contributed by atoms with van der Waals surface area (Å²) >= 11 is 0. The second kappa shape index (κ2) is 10.5. The number of benzene rings is 1. The van der Waals surface area contributed by atoms with E-state index in [1.807, 2.05) is 18.2 Å². The molecule has 0 aromatic heterocycles. The maximum absolute atomic E-state index is 5.31. The van der Waals surface area contributed by atoms with E-state index in [0.717, 1.165) is 17.9 Å². The Kier molecular flexibility index (Phi) is 8.86. The zero-order chi connectivity index (χ0) is 14.6. The van der Waals surface area contributed by atoms with E-state index >= 15 is 0 Å². The first-order chi connectivity index (χ1) is 9.77. The maximum atomic E-state index is 5.31. The molecule has 1 aromatic carbocycles. The Morgan fingerprint density at radius 3 is 2.00 bits per heavy atom. The number of fused-ring (bicyclic) bond motifs is 1. The van der Waals surface area contributed by atoms with E-state index < -0.39 is 0 Å². The molecular formula is C19H30O. The molecule has 0 bridgehead atoms. The van der Waals surface area contributed by atoms with Crippen LogP contribution >= 0.6 is 0 Å². The summed E-state index contributed by atoms with van der Waals surface area (Å²) in [4.78, 5) is 0. The Bertz CT molecular complexity index is 346. The molecule has 0 unspecified atom stereocenters. The van der Waals surface area contributed by atoms with Crippen LogP contribution in [0, 0.1) is 0 Å². The van der Waals surface area contributed by atoms with Crippen molar-refractivity contribution >= 4 is 0 Å². The fourth-order valence-corrected chi connectivity index (χ4v) is 2.36. The van der Waals surface area contributed by atoms with Gasteiger partial charge in [-0.3, -0.25) is 0 Å². The summed E-state index contributed by atoms with van der Waals surface area (Å²) in [6.07, 6.45) is 12.3. The zero-order valence-electron chi connectivity index (χ0n) is 13.3. The third-order valence-corrected chi connectivity index (χ3v) is 3.57. The SMILES string of the molecule is C=C1Cc2ccccc2O1.CCCCCCCCCC. The van der Waals surface area contributed by atoms with Crippen molar-refractivity contribution in [2.24, 2.45) is 0 Å². The van der Waals surface area contributed by atoms with Crippen LogP contribution in [0.5, 0.6) is 5.75 Å². The number of hydrogen-bond donors (Lipinski definition) is 0. The molecule has 2 rings (SSSR count). The zero-order valence-corrected chi connectivity index (χ0v) is 13.3. The molecule has 0 radical (unpaired) electrons. The standard InChI is InChI=1S/C10H22.C9H8O/c1-3-5-7-9-10-8-6-4-2;1-7-6-8-4-2-3-5-9(8)10-7/h3-10H2,1-2H3;2-5H,1,6H2. The van der Waals surface area contributed by atoms with Gasteiger partial charge in [0, 0.05) is 12.0 Å². The monoisotopic (exact) mass is 274 g/mol. The molecule has 1 aliphatic rings.